The van der Waals surface area contributed by atoms with Gasteiger partial charge in [0.15, 0.2) is 0 Å². The van der Waals surface area contributed by atoms with Crippen LogP contribution in [-0.4, -0.2) is 35.8 Å². The van der Waals surface area contributed by atoms with Crippen molar-refractivity contribution in [1.29, 1.82) is 0 Å². The van der Waals surface area contributed by atoms with E-state index in [9.17, 15) is 14.4 Å². The number of thioether (sulfide) groups is 1. The molecule has 0 bridgehead atoms. The highest BCUT2D eigenvalue weighted by atomic mass is 32.2. The molecule has 0 saturated heterocycles. The standard InChI is InChI=1S/C24H23N3O4S/c1-16-2-4-19(5-3-16)25-22(28)14-32-15-23(29)26-20-6-7-21-17(12-20)8-10-27(21)24(30)18-9-11-31-13-18/h2-7,9,11-13H,8,10,14-15H2,1H3,(H,25,28)(H,26,29). The van der Waals surface area contributed by atoms with E-state index >= 15 is 0 Å². The SMILES string of the molecule is Cc1ccc(NC(=O)CSCC(=O)Nc2ccc3c(c2)CCN3C(=O)c2ccoc2)cc1. The third-order valence-electron chi connectivity index (χ3n) is 5.07. The van der Waals surface area contributed by atoms with Gasteiger partial charge in [-0.25, -0.2) is 0 Å². The van der Waals surface area contributed by atoms with Gasteiger partial charge in [0.05, 0.1) is 23.3 Å². The number of hydrogen-bond donors (Lipinski definition) is 2. The number of aryl methyl sites for hydroxylation is 1. The van der Waals surface area contributed by atoms with Gasteiger partial charge in [-0.15, -0.1) is 11.8 Å². The van der Waals surface area contributed by atoms with E-state index in [1.165, 1.54) is 24.3 Å². The van der Waals surface area contributed by atoms with E-state index in [4.69, 9.17) is 4.42 Å². The first kappa shape index (κ1) is 21.7. The van der Waals surface area contributed by atoms with Crippen LogP contribution in [-0.2, 0) is 16.0 Å². The number of carbonyl (C=O) groups excluding carboxylic acids is 3. The molecule has 0 aliphatic carbocycles. The summed E-state index contributed by atoms with van der Waals surface area (Å²) in [7, 11) is 0. The van der Waals surface area contributed by atoms with Crippen molar-refractivity contribution in [2.45, 2.75) is 13.3 Å². The predicted molar refractivity (Wildman–Crippen MR) is 126 cm³/mol. The Morgan fingerprint density at radius 2 is 1.66 bits per heavy atom. The molecular weight excluding hydrogens is 426 g/mol. The lowest BCUT2D eigenvalue weighted by atomic mass is 10.1. The zero-order chi connectivity index (χ0) is 22.5. The highest BCUT2D eigenvalue weighted by Crippen LogP contribution is 2.31. The smallest absolute Gasteiger partial charge is 0.261 e. The molecule has 2 heterocycles. The van der Waals surface area contributed by atoms with Crippen LogP contribution in [0.3, 0.4) is 0 Å². The second-order valence-corrected chi connectivity index (χ2v) is 8.50. The van der Waals surface area contributed by atoms with Gasteiger partial charge in [-0.1, -0.05) is 17.7 Å². The van der Waals surface area contributed by atoms with Crippen LogP contribution < -0.4 is 15.5 Å². The van der Waals surface area contributed by atoms with Gasteiger partial charge in [-0.05, 0) is 55.3 Å². The summed E-state index contributed by atoms with van der Waals surface area (Å²) in [4.78, 5) is 38.6. The summed E-state index contributed by atoms with van der Waals surface area (Å²) in [6, 6.07) is 14.7. The van der Waals surface area contributed by atoms with Crippen molar-refractivity contribution in [2.75, 3.05) is 33.6 Å². The Labute approximate surface area is 190 Å². The lowest BCUT2D eigenvalue weighted by Gasteiger charge is -2.16. The molecule has 2 N–H and O–H groups in total. The van der Waals surface area contributed by atoms with E-state index in [0.29, 0.717) is 17.8 Å². The third-order valence-corrected chi connectivity index (χ3v) is 6.01. The Morgan fingerprint density at radius 3 is 2.34 bits per heavy atom. The van der Waals surface area contributed by atoms with Gasteiger partial charge in [0.1, 0.15) is 6.26 Å². The van der Waals surface area contributed by atoms with E-state index in [-0.39, 0.29) is 29.2 Å². The average Bonchev–Trinajstić information content (AvgIpc) is 3.45. The highest BCUT2D eigenvalue weighted by molar-refractivity contribution is 8.00. The Balaban J connectivity index is 1.26. The molecule has 1 aliphatic heterocycles. The molecule has 0 saturated carbocycles. The molecule has 2 aromatic carbocycles. The number of hydrogen-bond acceptors (Lipinski definition) is 5. The number of nitrogens with zero attached hydrogens (tertiary/aromatic N) is 1. The molecule has 0 radical (unpaired) electrons. The van der Waals surface area contributed by atoms with Crippen LogP contribution in [0, 0.1) is 6.92 Å². The summed E-state index contributed by atoms with van der Waals surface area (Å²) in [5, 5.41) is 5.68. The normalized spacial score (nSPS) is 12.3. The summed E-state index contributed by atoms with van der Waals surface area (Å²) in [6.07, 6.45) is 3.64. The third kappa shape index (κ3) is 5.20. The second-order valence-electron chi connectivity index (χ2n) is 7.52. The Kier molecular flexibility index (Phi) is 6.61. The molecule has 8 heteroatoms. The number of anilines is 3. The van der Waals surface area contributed by atoms with E-state index in [1.807, 2.05) is 43.3 Å². The van der Waals surface area contributed by atoms with Crippen molar-refractivity contribution in [2.24, 2.45) is 0 Å². The van der Waals surface area contributed by atoms with E-state index in [1.54, 1.807) is 17.0 Å². The number of nitrogens with one attached hydrogen (secondary N) is 2. The lowest BCUT2D eigenvalue weighted by Crippen LogP contribution is -2.28. The average molecular weight is 450 g/mol. The van der Waals surface area contributed by atoms with Crippen LogP contribution in [0.15, 0.2) is 65.5 Å². The van der Waals surface area contributed by atoms with Crippen LogP contribution in [0.1, 0.15) is 21.5 Å². The Hall–Kier alpha value is -3.52. The summed E-state index contributed by atoms with van der Waals surface area (Å²) < 4.78 is 5.00. The van der Waals surface area contributed by atoms with Crippen LogP contribution >= 0.6 is 11.8 Å². The summed E-state index contributed by atoms with van der Waals surface area (Å²) in [5.41, 5.74) is 4.90. The predicted octanol–water partition coefficient (Wildman–Crippen LogP) is 4.10. The number of amides is 3. The van der Waals surface area contributed by atoms with Gasteiger partial charge >= 0.3 is 0 Å². The molecule has 0 spiro atoms. The summed E-state index contributed by atoms with van der Waals surface area (Å²) in [6.45, 7) is 2.57. The van der Waals surface area contributed by atoms with E-state index < -0.39 is 0 Å². The molecule has 164 valence electrons. The van der Waals surface area contributed by atoms with Crippen LogP contribution in [0.5, 0.6) is 0 Å². The number of fused-ring (bicyclic) bond motifs is 1. The van der Waals surface area contributed by atoms with Crippen molar-refractivity contribution < 1.29 is 18.8 Å². The monoisotopic (exact) mass is 449 g/mol. The van der Waals surface area contributed by atoms with E-state index in [2.05, 4.69) is 10.6 Å². The molecule has 3 amide bonds. The van der Waals surface area contributed by atoms with Crippen molar-refractivity contribution in [1.82, 2.24) is 0 Å². The lowest BCUT2D eigenvalue weighted by molar-refractivity contribution is -0.114. The molecule has 1 aliphatic rings. The van der Waals surface area contributed by atoms with Crippen molar-refractivity contribution in [3.63, 3.8) is 0 Å². The van der Waals surface area contributed by atoms with Gasteiger partial charge in [0.2, 0.25) is 11.8 Å². The number of furan rings is 1. The quantitative estimate of drug-likeness (QED) is 0.567. The van der Waals surface area contributed by atoms with Gasteiger partial charge in [-0.3, -0.25) is 14.4 Å². The minimum Gasteiger partial charge on any atom is -0.472 e. The zero-order valence-electron chi connectivity index (χ0n) is 17.6. The fourth-order valence-electron chi connectivity index (χ4n) is 3.50. The molecule has 0 fully saturated rings. The van der Waals surface area contributed by atoms with Gasteiger partial charge in [-0.2, -0.15) is 0 Å². The first-order valence-corrected chi connectivity index (χ1v) is 11.4. The van der Waals surface area contributed by atoms with Crippen molar-refractivity contribution in [3.05, 3.63) is 77.7 Å². The maximum absolute atomic E-state index is 12.6. The van der Waals surface area contributed by atoms with Gasteiger partial charge in [0.25, 0.3) is 5.91 Å². The van der Waals surface area contributed by atoms with Crippen LogP contribution in [0.25, 0.3) is 0 Å². The molecule has 32 heavy (non-hydrogen) atoms. The topological polar surface area (TPSA) is 91.7 Å². The first-order chi connectivity index (χ1) is 15.5. The largest absolute Gasteiger partial charge is 0.472 e. The number of carbonyl (C=O) groups is 3. The maximum Gasteiger partial charge on any atom is 0.261 e. The van der Waals surface area contributed by atoms with E-state index in [0.717, 1.165) is 28.9 Å². The summed E-state index contributed by atoms with van der Waals surface area (Å²) >= 11 is 1.25. The summed E-state index contributed by atoms with van der Waals surface area (Å²) in [5.74, 6) is -0.0661. The fourth-order valence-corrected chi connectivity index (χ4v) is 4.12. The van der Waals surface area contributed by atoms with Crippen LogP contribution in [0.4, 0.5) is 17.1 Å². The molecule has 4 rings (SSSR count). The molecule has 0 unspecified atom stereocenters. The molecule has 0 atom stereocenters. The molecule has 7 nitrogen and oxygen atoms in total. The molecule has 3 aromatic rings. The van der Waals surface area contributed by atoms with Crippen LogP contribution in [0.2, 0.25) is 0 Å². The number of benzene rings is 2. The van der Waals surface area contributed by atoms with Crippen molar-refractivity contribution >= 4 is 46.5 Å². The minimum absolute atomic E-state index is 0.102. The highest BCUT2D eigenvalue weighted by Gasteiger charge is 2.26. The molecular formula is C24H23N3O4S. The van der Waals surface area contributed by atoms with Gasteiger partial charge < -0.3 is 20.0 Å². The molecule has 1 aromatic heterocycles. The number of rotatable bonds is 7. The maximum atomic E-state index is 12.6. The first-order valence-electron chi connectivity index (χ1n) is 10.2. The second kappa shape index (κ2) is 9.74. The Bertz CT molecular complexity index is 1130. The van der Waals surface area contributed by atoms with Gasteiger partial charge in [0, 0.05) is 23.6 Å². The zero-order valence-corrected chi connectivity index (χ0v) is 18.4. The fraction of sp³-hybridized carbons (Fsp3) is 0.208. The minimum atomic E-state index is -0.178. The Morgan fingerprint density at radius 1 is 0.969 bits per heavy atom. The van der Waals surface area contributed by atoms with Crippen molar-refractivity contribution in [3.8, 4) is 0 Å².